The van der Waals surface area contributed by atoms with Crippen LogP contribution in [0.1, 0.15) is 85.7 Å². The number of aromatic amines is 1. The van der Waals surface area contributed by atoms with E-state index in [-0.39, 0.29) is 29.7 Å². The molecule has 0 radical (unpaired) electrons. The van der Waals surface area contributed by atoms with Crippen LogP contribution < -0.4 is 20.7 Å². The summed E-state index contributed by atoms with van der Waals surface area (Å²) in [6.45, 7) is 1.01. The van der Waals surface area contributed by atoms with Gasteiger partial charge in [0.2, 0.25) is 17.8 Å². The summed E-state index contributed by atoms with van der Waals surface area (Å²) >= 11 is 0. The minimum absolute atomic E-state index is 0.0529. The second kappa shape index (κ2) is 15.9. The lowest BCUT2D eigenvalue weighted by molar-refractivity contribution is -0.134. The number of H-pyrrole nitrogens is 1. The Morgan fingerprint density at radius 3 is 2.60 bits per heavy atom. The van der Waals surface area contributed by atoms with E-state index in [2.05, 4.69) is 37.1 Å². The van der Waals surface area contributed by atoms with Crippen molar-refractivity contribution in [2.45, 2.75) is 69.7 Å². The van der Waals surface area contributed by atoms with Gasteiger partial charge in [-0.05, 0) is 86.1 Å². The number of aromatic nitrogens is 5. The fourth-order valence-electron chi connectivity index (χ4n) is 7.13. The van der Waals surface area contributed by atoms with E-state index < -0.39 is 0 Å². The average Bonchev–Trinajstić information content (AvgIpc) is 3.96. The summed E-state index contributed by atoms with van der Waals surface area (Å²) in [6, 6.07) is 18.9. The lowest BCUT2D eigenvalue weighted by atomic mass is 9.90. The Hall–Kier alpha value is -6.03. The Balaban J connectivity index is 0.891. The molecule has 4 N–H and O–H groups in total. The van der Waals surface area contributed by atoms with Crippen LogP contribution in [0.4, 0.5) is 11.6 Å². The average molecular weight is 700 g/mol. The number of imide groups is 1. The van der Waals surface area contributed by atoms with Crippen LogP contribution in [-0.2, 0) is 9.59 Å². The molecule has 7 rings (SSSR count). The van der Waals surface area contributed by atoms with Crippen molar-refractivity contribution in [2.75, 3.05) is 18.5 Å². The number of carbonyl (C=O) groups is 3. The number of rotatable bonds is 14. The van der Waals surface area contributed by atoms with E-state index in [0.717, 1.165) is 53.6 Å². The molecule has 1 saturated heterocycles. The molecule has 1 aliphatic heterocycles. The van der Waals surface area contributed by atoms with Crippen molar-refractivity contribution in [3.05, 3.63) is 84.3 Å². The van der Waals surface area contributed by atoms with Crippen molar-refractivity contribution in [2.24, 2.45) is 5.92 Å². The zero-order valence-electron chi connectivity index (χ0n) is 28.8. The second-order valence-electron chi connectivity index (χ2n) is 13.4. The van der Waals surface area contributed by atoms with E-state index in [1.807, 2.05) is 65.7 Å². The molecule has 2 atom stereocenters. The summed E-state index contributed by atoms with van der Waals surface area (Å²) in [5.74, 6) is 0.620. The number of anilines is 2. The molecule has 52 heavy (non-hydrogen) atoms. The summed E-state index contributed by atoms with van der Waals surface area (Å²) in [5, 5.41) is 23.7. The van der Waals surface area contributed by atoms with Gasteiger partial charge in [-0.15, -0.1) is 0 Å². The van der Waals surface area contributed by atoms with Crippen LogP contribution in [0.15, 0.2) is 73.2 Å². The maximum absolute atomic E-state index is 12.8. The summed E-state index contributed by atoms with van der Waals surface area (Å²) in [5.41, 5.74) is 4.43. The molecule has 266 valence electrons. The first-order chi connectivity index (χ1) is 25.4. The molecule has 2 aliphatic rings. The van der Waals surface area contributed by atoms with Crippen LogP contribution in [0, 0.1) is 17.2 Å². The number of hydrogen-bond donors (Lipinski definition) is 4. The SMILES string of the molecule is N#CC[C@@H](C1CCCC1)n1cc(-c2nc(Nc3ccc(C(=O)NCCCCOc4ccc(C5CCC(=O)NC5=O)cc4)cc3)nc3[nH]ccc23)cn1. The quantitative estimate of drug-likeness (QED) is 0.0762. The van der Waals surface area contributed by atoms with Gasteiger partial charge in [-0.25, -0.2) is 4.98 Å². The molecule has 3 amide bonds. The molecule has 2 fully saturated rings. The Morgan fingerprint density at radius 2 is 1.83 bits per heavy atom. The number of nitriles is 1. The summed E-state index contributed by atoms with van der Waals surface area (Å²) in [7, 11) is 0. The van der Waals surface area contributed by atoms with Crippen molar-refractivity contribution < 1.29 is 19.1 Å². The number of nitrogens with zero attached hydrogens (tertiary/aromatic N) is 5. The minimum Gasteiger partial charge on any atom is -0.494 e. The molecular weight excluding hydrogens is 658 g/mol. The molecule has 13 heteroatoms. The van der Waals surface area contributed by atoms with Gasteiger partial charge in [0.15, 0.2) is 0 Å². The van der Waals surface area contributed by atoms with Crippen LogP contribution in [0.25, 0.3) is 22.3 Å². The molecule has 13 nitrogen and oxygen atoms in total. The van der Waals surface area contributed by atoms with Gasteiger partial charge in [-0.3, -0.25) is 24.4 Å². The topological polar surface area (TPSA) is 180 Å². The smallest absolute Gasteiger partial charge is 0.251 e. The molecule has 5 aromatic rings. The Bertz CT molecular complexity index is 2080. The second-order valence-corrected chi connectivity index (χ2v) is 13.4. The third kappa shape index (κ3) is 7.96. The number of unbranched alkanes of at least 4 members (excludes halogenated alkanes) is 1. The zero-order chi connectivity index (χ0) is 35.9. The van der Waals surface area contributed by atoms with Crippen molar-refractivity contribution >= 4 is 40.4 Å². The van der Waals surface area contributed by atoms with Gasteiger partial charge >= 0.3 is 0 Å². The van der Waals surface area contributed by atoms with Crippen molar-refractivity contribution in [1.82, 2.24) is 35.4 Å². The van der Waals surface area contributed by atoms with E-state index in [1.165, 1.54) is 12.8 Å². The first-order valence-electron chi connectivity index (χ1n) is 17.9. The lowest BCUT2D eigenvalue weighted by Gasteiger charge is -2.21. The third-order valence-electron chi connectivity index (χ3n) is 9.93. The number of benzene rings is 2. The Labute approximate surface area is 301 Å². The van der Waals surface area contributed by atoms with Crippen LogP contribution in [0.2, 0.25) is 0 Å². The monoisotopic (exact) mass is 699 g/mol. The van der Waals surface area contributed by atoms with Crippen molar-refractivity contribution in [3.63, 3.8) is 0 Å². The molecule has 4 heterocycles. The molecule has 1 saturated carbocycles. The largest absolute Gasteiger partial charge is 0.494 e. The molecule has 1 aliphatic carbocycles. The van der Waals surface area contributed by atoms with E-state index in [0.29, 0.717) is 61.2 Å². The van der Waals surface area contributed by atoms with Crippen molar-refractivity contribution in [1.29, 1.82) is 5.26 Å². The number of amides is 3. The van der Waals surface area contributed by atoms with Crippen molar-refractivity contribution in [3.8, 4) is 23.1 Å². The summed E-state index contributed by atoms with van der Waals surface area (Å²) < 4.78 is 7.77. The van der Waals surface area contributed by atoms with Crippen LogP contribution in [0.5, 0.6) is 5.75 Å². The standard InChI is InChI=1S/C39H41N9O4/c40-19-17-33(26-5-1-2-6-26)48-24-28(23-43-48)35-32-18-21-41-36(32)47-39(46-35)44-29-11-7-27(8-12-29)37(50)42-20-3-4-22-52-30-13-9-25(10-14-30)31-15-16-34(49)45-38(31)51/h7-14,18,21,23-24,26,31,33H,1-6,15-17,20,22H2,(H,42,50)(H,45,49,51)(H2,41,44,46,47)/t31?,33-/m0/s1. The normalized spacial score (nSPS) is 16.7. The van der Waals surface area contributed by atoms with Gasteiger partial charge in [-0.2, -0.15) is 15.3 Å². The van der Waals surface area contributed by atoms with E-state index in [1.54, 1.807) is 12.1 Å². The number of piperidine rings is 1. The first-order valence-corrected chi connectivity index (χ1v) is 17.9. The van der Waals surface area contributed by atoms with E-state index in [4.69, 9.17) is 9.72 Å². The zero-order valence-corrected chi connectivity index (χ0v) is 28.8. The molecule has 3 aromatic heterocycles. The van der Waals surface area contributed by atoms with Gasteiger partial charge < -0.3 is 20.4 Å². The van der Waals surface area contributed by atoms with Gasteiger partial charge in [0, 0.05) is 47.6 Å². The highest BCUT2D eigenvalue weighted by Gasteiger charge is 2.29. The number of fused-ring (bicyclic) bond motifs is 1. The predicted molar refractivity (Wildman–Crippen MR) is 195 cm³/mol. The summed E-state index contributed by atoms with van der Waals surface area (Å²) in [6.07, 6.45) is 13.1. The minimum atomic E-state index is -0.316. The fourth-order valence-corrected chi connectivity index (χ4v) is 7.13. The van der Waals surface area contributed by atoms with Gasteiger partial charge in [0.25, 0.3) is 5.91 Å². The molecule has 0 spiro atoms. The first kappa shape index (κ1) is 34.4. The lowest BCUT2D eigenvalue weighted by Crippen LogP contribution is -2.39. The highest BCUT2D eigenvalue weighted by Crippen LogP contribution is 2.37. The molecule has 0 bridgehead atoms. The van der Waals surface area contributed by atoms with Gasteiger partial charge in [-0.1, -0.05) is 25.0 Å². The molecular formula is C39H41N9O4. The highest BCUT2D eigenvalue weighted by atomic mass is 16.5. The Morgan fingerprint density at radius 1 is 1.02 bits per heavy atom. The van der Waals surface area contributed by atoms with Crippen LogP contribution >= 0.6 is 0 Å². The maximum Gasteiger partial charge on any atom is 0.251 e. The van der Waals surface area contributed by atoms with Gasteiger partial charge in [0.1, 0.15) is 11.4 Å². The summed E-state index contributed by atoms with van der Waals surface area (Å²) in [4.78, 5) is 49.0. The number of carbonyl (C=O) groups excluding carboxylic acids is 3. The van der Waals surface area contributed by atoms with Gasteiger partial charge in [0.05, 0.1) is 42.9 Å². The number of nitrogens with one attached hydrogen (secondary N) is 4. The predicted octanol–water partition coefficient (Wildman–Crippen LogP) is 6.32. The van der Waals surface area contributed by atoms with Crippen LogP contribution in [-0.4, -0.2) is 55.6 Å². The van der Waals surface area contributed by atoms with Crippen LogP contribution in [0.3, 0.4) is 0 Å². The maximum atomic E-state index is 12.8. The number of hydrogen-bond acceptors (Lipinski definition) is 9. The molecule has 1 unspecified atom stereocenters. The molecule has 2 aromatic carbocycles. The fraction of sp³-hybridized carbons (Fsp3) is 0.359. The highest BCUT2D eigenvalue weighted by molar-refractivity contribution is 6.01. The third-order valence-corrected chi connectivity index (χ3v) is 9.93. The number of ether oxygens (including phenoxy) is 1. The van der Waals surface area contributed by atoms with E-state index in [9.17, 15) is 19.6 Å². The Kier molecular flexibility index (Phi) is 10.5. The van der Waals surface area contributed by atoms with E-state index >= 15 is 0 Å².